The fourth-order valence-corrected chi connectivity index (χ4v) is 0.544. The largest absolute Gasteiger partial charge is 0.382 e. The maximum absolute atomic E-state index is 4.91. The van der Waals surface area contributed by atoms with E-state index in [0.29, 0.717) is 26.4 Å². The molecule has 0 aliphatic rings. The van der Waals surface area contributed by atoms with Gasteiger partial charge in [-0.2, -0.15) is 9.78 Å². The monoisotopic (exact) mass is 226 g/mol. The molecule has 0 fully saturated rings. The zero-order valence-corrected chi connectivity index (χ0v) is 9.10. The summed E-state index contributed by atoms with van der Waals surface area (Å²) in [5, 5.41) is 4.26. The normalized spacial score (nSPS) is 10.8. The van der Waals surface area contributed by atoms with Crippen molar-refractivity contribution in [2.45, 2.75) is 0 Å². The van der Waals surface area contributed by atoms with Gasteiger partial charge in [0.1, 0.15) is 0 Å². The topological polar surface area (TPSA) is 64.6 Å². The molecule has 7 heteroatoms. The first-order valence-corrected chi connectivity index (χ1v) is 4.46. The van der Waals surface area contributed by atoms with Gasteiger partial charge in [0, 0.05) is 14.2 Å². The predicted molar refractivity (Wildman–Crippen MR) is 48.6 cm³/mol. The van der Waals surface area contributed by atoms with E-state index in [1.54, 1.807) is 14.2 Å². The average molecular weight is 226 g/mol. The molecule has 0 radical (unpaired) electrons. The highest BCUT2D eigenvalue weighted by molar-refractivity contribution is 4.20. The van der Waals surface area contributed by atoms with Crippen molar-refractivity contribution in [2.75, 3.05) is 54.2 Å². The van der Waals surface area contributed by atoms with Gasteiger partial charge in [0.2, 0.25) is 0 Å². The quantitative estimate of drug-likeness (QED) is 0.202. The second-order valence-electron chi connectivity index (χ2n) is 2.34. The van der Waals surface area contributed by atoms with Gasteiger partial charge in [-0.1, -0.05) is 5.04 Å². The van der Waals surface area contributed by atoms with Crippen molar-refractivity contribution in [1.29, 1.82) is 0 Å². The first-order valence-electron chi connectivity index (χ1n) is 4.46. The zero-order valence-electron chi connectivity index (χ0n) is 9.10. The van der Waals surface area contributed by atoms with Crippen LogP contribution in [0.1, 0.15) is 0 Å². The number of hydrogen-bond donors (Lipinski definition) is 0. The lowest BCUT2D eigenvalue weighted by molar-refractivity contribution is -0.541. The Hall–Kier alpha value is -0.280. The van der Waals surface area contributed by atoms with Gasteiger partial charge in [-0.05, 0) is 0 Å². The summed E-state index contributed by atoms with van der Waals surface area (Å²) in [5.74, 6) is 0. The molecule has 0 heterocycles. The molecule has 0 saturated carbocycles. The summed E-state index contributed by atoms with van der Waals surface area (Å²) in [4.78, 5) is 8.95. The lowest BCUT2D eigenvalue weighted by Gasteiger charge is -2.04. The third-order valence-electron chi connectivity index (χ3n) is 1.22. The SMILES string of the molecule is COCCOCOOOCOCCOC. The van der Waals surface area contributed by atoms with Crippen LogP contribution in [-0.4, -0.2) is 54.2 Å². The lowest BCUT2D eigenvalue weighted by Crippen LogP contribution is -2.09. The summed E-state index contributed by atoms with van der Waals surface area (Å²) in [7, 11) is 3.17. The minimum Gasteiger partial charge on any atom is -0.382 e. The molecule has 15 heavy (non-hydrogen) atoms. The number of ether oxygens (including phenoxy) is 4. The van der Waals surface area contributed by atoms with Crippen molar-refractivity contribution in [3.8, 4) is 0 Å². The van der Waals surface area contributed by atoms with Crippen LogP contribution >= 0.6 is 0 Å². The molecule has 0 aromatic heterocycles. The fraction of sp³-hybridized carbons (Fsp3) is 1.00. The highest BCUT2D eigenvalue weighted by atomic mass is 17.5. The van der Waals surface area contributed by atoms with E-state index in [4.69, 9.17) is 18.9 Å². The third-order valence-corrected chi connectivity index (χ3v) is 1.22. The summed E-state index contributed by atoms with van der Waals surface area (Å²) in [6, 6.07) is 0. The molecule has 92 valence electrons. The Labute approximate surface area is 88.9 Å². The van der Waals surface area contributed by atoms with Crippen molar-refractivity contribution >= 4 is 0 Å². The number of rotatable bonds is 12. The number of methoxy groups -OCH3 is 2. The van der Waals surface area contributed by atoms with Gasteiger partial charge in [-0.15, -0.1) is 0 Å². The van der Waals surface area contributed by atoms with E-state index < -0.39 is 0 Å². The van der Waals surface area contributed by atoms with Crippen molar-refractivity contribution in [1.82, 2.24) is 0 Å². The summed E-state index contributed by atoms with van der Waals surface area (Å²) in [5.41, 5.74) is 0. The Morgan fingerprint density at radius 3 is 1.53 bits per heavy atom. The Morgan fingerprint density at radius 2 is 1.13 bits per heavy atom. The molecule has 0 atom stereocenters. The molecule has 0 aliphatic heterocycles. The molecule has 0 bridgehead atoms. The van der Waals surface area contributed by atoms with E-state index >= 15 is 0 Å². The van der Waals surface area contributed by atoms with Gasteiger partial charge < -0.3 is 18.9 Å². The minimum atomic E-state index is -0.0264. The molecular weight excluding hydrogens is 208 g/mol. The molecule has 0 saturated heterocycles. The van der Waals surface area contributed by atoms with Crippen LogP contribution in [0, 0.1) is 0 Å². The van der Waals surface area contributed by atoms with E-state index in [9.17, 15) is 0 Å². The summed E-state index contributed by atoms with van der Waals surface area (Å²) >= 11 is 0. The van der Waals surface area contributed by atoms with Gasteiger partial charge in [0.05, 0.1) is 26.4 Å². The number of hydrogen-bond acceptors (Lipinski definition) is 7. The van der Waals surface area contributed by atoms with Crippen molar-refractivity contribution in [3.63, 3.8) is 0 Å². The first-order chi connectivity index (χ1) is 7.41. The summed E-state index contributed by atoms with van der Waals surface area (Å²) in [6.45, 7) is 1.83. The van der Waals surface area contributed by atoms with Crippen LogP contribution in [0.15, 0.2) is 0 Å². The third kappa shape index (κ3) is 13.7. The molecular formula is C8H18O7. The van der Waals surface area contributed by atoms with Crippen molar-refractivity contribution in [2.24, 2.45) is 0 Å². The van der Waals surface area contributed by atoms with Gasteiger partial charge >= 0.3 is 0 Å². The maximum atomic E-state index is 4.91. The average Bonchev–Trinajstić information content (AvgIpc) is 2.26. The molecule has 0 aliphatic carbocycles. The molecule has 0 aromatic rings. The van der Waals surface area contributed by atoms with Gasteiger partial charge in [0.25, 0.3) is 0 Å². The van der Waals surface area contributed by atoms with E-state index in [1.807, 2.05) is 0 Å². The van der Waals surface area contributed by atoms with Crippen molar-refractivity contribution in [3.05, 3.63) is 0 Å². The molecule has 7 nitrogen and oxygen atoms in total. The Balaban J connectivity index is 2.81. The van der Waals surface area contributed by atoms with E-state index in [1.165, 1.54) is 0 Å². The molecule has 0 spiro atoms. The maximum Gasteiger partial charge on any atom is 0.183 e. The van der Waals surface area contributed by atoms with Gasteiger partial charge in [-0.3, -0.25) is 0 Å². The standard InChI is InChI=1S/C8H18O7/c1-9-3-5-11-7-13-15-14-8-12-6-4-10-2/h3-8H2,1-2H3. The predicted octanol–water partition coefficient (Wildman–Crippen LogP) is 0.107. The Morgan fingerprint density at radius 1 is 0.667 bits per heavy atom. The summed E-state index contributed by atoms with van der Waals surface area (Å²) < 4.78 is 19.3. The zero-order chi connectivity index (χ0) is 11.2. The lowest BCUT2D eigenvalue weighted by atomic mass is 10.8. The van der Waals surface area contributed by atoms with Crippen LogP contribution in [0.25, 0.3) is 0 Å². The smallest absolute Gasteiger partial charge is 0.183 e. The second-order valence-corrected chi connectivity index (χ2v) is 2.34. The molecule has 0 amide bonds. The van der Waals surface area contributed by atoms with E-state index in [0.717, 1.165) is 0 Å². The van der Waals surface area contributed by atoms with Crippen molar-refractivity contribution < 1.29 is 33.8 Å². The Kier molecular flexibility index (Phi) is 13.5. The highest BCUT2D eigenvalue weighted by Gasteiger charge is 1.91. The highest BCUT2D eigenvalue weighted by Crippen LogP contribution is 1.85. The first kappa shape index (κ1) is 14.7. The van der Waals surface area contributed by atoms with Crippen LogP contribution in [-0.2, 0) is 33.8 Å². The van der Waals surface area contributed by atoms with E-state index in [2.05, 4.69) is 14.8 Å². The molecule has 0 unspecified atom stereocenters. The molecule has 0 N–H and O–H groups in total. The van der Waals surface area contributed by atoms with Crippen LogP contribution in [0.2, 0.25) is 0 Å². The van der Waals surface area contributed by atoms with Gasteiger partial charge in [-0.25, -0.2) is 0 Å². The van der Waals surface area contributed by atoms with Gasteiger partial charge in [0.15, 0.2) is 13.6 Å². The Bertz CT molecular complexity index is 99.2. The van der Waals surface area contributed by atoms with Crippen LogP contribution in [0.3, 0.4) is 0 Å². The van der Waals surface area contributed by atoms with Crippen LogP contribution in [0.5, 0.6) is 0 Å². The molecule has 0 rings (SSSR count). The minimum absolute atomic E-state index is 0.0264. The van der Waals surface area contributed by atoms with E-state index in [-0.39, 0.29) is 13.6 Å². The van der Waals surface area contributed by atoms with Crippen LogP contribution < -0.4 is 0 Å². The molecule has 0 aromatic carbocycles. The summed E-state index contributed by atoms with van der Waals surface area (Å²) in [6.07, 6.45) is 0. The van der Waals surface area contributed by atoms with Crippen LogP contribution in [0.4, 0.5) is 0 Å². The second kappa shape index (κ2) is 13.7. The fourth-order valence-electron chi connectivity index (χ4n) is 0.544.